The van der Waals surface area contributed by atoms with Crippen molar-refractivity contribution < 1.29 is 22.7 Å². The molecule has 0 saturated heterocycles. The Morgan fingerprint density at radius 1 is 0.912 bits per heavy atom. The van der Waals surface area contributed by atoms with Crippen LogP contribution in [0, 0.1) is 0 Å². The summed E-state index contributed by atoms with van der Waals surface area (Å²) in [5.74, 6) is 0.763. The third kappa shape index (κ3) is 5.33. The third-order valence-corrected chi connectivity index (χ3v) is 5.20. The number of nitrogens with zero attached hydrogens (tertiary/aromatic N) is 2. The van der Waals surface area contributed by atoms with Crippen LogP contribution in [0.15, 0.2) is 72.8 Å². The van der Waals surface area contributed by atoms with Gasteiger partial charge in [0.05, 0.1) is 24.1 Å². The Morgan fingerprint density at radius 2 is 1.65 bits per heavy atom. The van der Waals surface area contributed by atoms with Gasteiger partial charge in [0.1, 0.15) is 5.82 Å². The zero-order valence-electron chi connectivity index (χ0n) is 18.4. The van der Waals surface area contributed by atoms with Crippen LogP contribution in [0.2, 0.25) is 0 Å². The minimum atomic E-state index is -4.40. The van der Waals surface area contributed by atoms with E-state index in [0.717, 1.165) is 28.6 Å². The van der Waals surface area contributed by atoms with Crippen molar-refractivity contribution in [2.45, 2.75) is 19.5 Å². The molecule has 0 saturated carbocycles. The third-order valence-electron chi connectivity index (χ3n) is 5.20. The summed E-state index contributed by atoms with van der Waals surface area (Å²) in [5, 5.41) is 4.00. The van der Waals surface area contributed by atoms with Crippen LogP contribution in [-0.2, 0) is 15.7 Å². The number of aromatic nitrogens is 2. The molecule has 0 aliphatic carbocycles. The predicted octanol–water partition coefficient (Wildman–Crippen LogP) is 6.35. The summed E-state index contributed by atoms with van der Waals surface area (Å²) in [6, 6.07) is 19.8. The van der Waals surface area contributed by atoms with Crippen molar-refractivity contribution in [1.82, 2.24) is 9.97 Å². The molecular weight excluding hydrogens is 443 g/mol. The van der Waals surface area contributed by atoms with Crippen LogP contribution < -0.4 is 5.32 Å². The van der Waals surface area contributed by atoms with Crippen LogP contribution in [0.25, 0.3) is 33.4 Å². The van der Waals surface area contributed by atoms with E-state index in [1.54, 1.807) is 37.3 Å². The molecule has 0 fully saturated rings. The van der Waals surface area contributed by atoms with Gasteiger partial charge in [0.2, 0.25) is 0 Å². The number of carbonyl (C=O) groups excluding carboxylic acids is 1. The second-order valence-electron chi connectivity index (χ2n) is 7.55. The van der Waals surface area contributed by atoms with E-state index >= 15 is 0 Å². The molecule has 1 heterocycles. The van der Waals surface area contributed by atoms with Crippen molar-refractivity contribution >= 4 is 22.7 Å². The van der Waals surface area contributed by atoms with Crippen molar-refractivity contribution in [2.24, 2.45) is 0 Å². The van der Waals surface area contributed by atoms with Crippen molar-refractivity contribution in [3.63, 3.8) is 0 Å². The quantitative estimate of drug-likeness (QED) is 0.322. The van der Waals surface area contributed by atoms with Crippen LogP contribution in [0.3, 0.4) is 0 Å². The average molecular weight is 465 g/mol. The van der Waals surface area contributed by atoms with Crippen molar-refractivity contribution in [3.8, 4) is 22.5 Å². The molecule has 8 heteroatoms. The van der Waals surface area contributed by atoms with Gasteiger partial charge in [-0.1, -0.05) is 48.5 Å². The molecule has 1 aromatic heterocycles. The number of anilines is 1. The van der Waals surface area contributed by atoms with Gasteiger partial charge in [0, 0.05) is 17.5 Å². The molecule has 0 atom stereocenters. The lowest BCUT2D eigenvalue weighted by molar-refractivity contribution is -0.142. The number of halogens is 3. The fraction of sp³-hybridized carbons (Fsp3) is 0.192. The molecule has 1 N–H and O–H groups in total. The van der Waals surface area contributed by atoms with Gasteiger partial charge in [-0.15, -0.1) is 0 Å². The summed E-state index contributed by atoms with van der Waals surface area (Å²) in [6.07, 6.45) is -4.20. The second kappa shape index (κ2) is 9.91. The Bertz CT molecular complexity index is 1300. The first-order valence-corrected chi connectivity index (χ1v) is 10.8. The minimum absolute atomic E-state index is 0.202. The van der Waals surface area contributed by atoms with Gasteiger partial charge >= 0.3 is 12.1 Å². The SMILES string of the molecule is CCOC(=O)CCNc1nc(-c2ccc(-c3cccc(C(F)(F)F)c3)cc2)nc2ccccc12. The molecule has 0 aliphatic rings. The van der Waals surface area contributed by atoms with Gasteiger partial charge in [-0.25, -0.2) is 9.97 Å². The van der Waals surface area contributed by atoms with Crippen molar-refractivity contribution in [2.75, 3.05) is 18.5 Å². The number of hydrogen-bond acceptors (Lipinski definition) is 5. The Labute approximate surface area is 194 Å². The van der Waals surface area contributed by atoms with E-state index in [9.17, 15) is 18.0 Å². The minimum Gasteiger partial charge on any atom is -0.466 e. The molecule has 174 valence electrons. The first-order chi connectivity index (χ1) is 16.3. The van der Waals surface area contributed by atoms with E-state index < -0.39 is 11.7 Å². The number of rotatable bonds is 7. The van der Waals surface area contributed by atoms with E-state index in [2.05, 4.69) is 15.3 Å². The van der Waals surface area contributed by atoms with Gasteiger partial charge in [0.15, 0.2) is 5.82 Å². The fourth-order valence-electron chi connectivity index (χ4n) is 3.54. The van der Waals surface area contributed by atoms with Gasteiger partial charge in [-0.2, -0.15) is 13.2 Å². The summed E-state index contributed by atoms with van der Waals surface area (Å²) >= 11 is 0. The van der Waals surface area contributed by atoms with Gasteiger partial charge in [-0.3, -0.25) is 4.79 Å². The zero-order chi connectivity index (χ0) is 24.1. The molecular formula is C26H22F3N3O2. The van der Waals surface area contributed by atoms with Crippen LogP contribution in [0.4, 0.5) is 19.0 Å². The Balaban J connectivity index is 1.62. The summed E-state index contributed by atoms with van der Waals surface area (Å²) < 4.78 is 44.1. The number of fused-ring (bicyclic) bond motifs is 1. The number of alkyl halides is 3. The van der Waals surface area contributed by atoms with E-state index in [0.29, 0.717) is 35.9 Å². The van der Waals surface area contributed by atoms with Gasteiger partial charge in [0.25, 0.3) is 0 Å². The number of para-hydroxylation sites is 1. The van der Waals surface area contributed by atoms with E-state index in [-0.39, 0.29) is 12.4 Å². The highest BCUT2D eigenvalue weighted by molar-refractivity contribution is 5.90. The molecule has 0 amide bonds. The lowest BCUT2D eigenvalue weighted by Gasteiger charge is -2.12. The van der Waals surface area contributed by atoms with Crippen LogP contribution >= 0.6 is 0 Å². The first-order valence-electron chi connectivity index (χ1n) is 10.8. The molecule has 0 unspecified atom stereocenters. The largest absolute Gasteiger partial charge is 0.466 e. The number of nitrogens with one attached hydrogen (secondary N) is 1. The molecule has 0 aliphatic heterocycles. The molecule has 4 rings (SSSR count). The highest BCUT2D eigenvalue weighted by atomic mass is 19.4. The van der Waals surface area contributed by atoms with E-state index in [1.165, 1.54) is 6.07 Å². The molecule has 34 heavy (non-hydrogen) atoms. The highest BCUT2D eigenvalue weighted by Crippen LogP contribution is 2.33. The van der Waals surface area contributed by atoms with Gasteiger partial charge in [-0.05, 0) is 42.3 Å². The maximum absolute atomic E-state index is 13.1. The van der Waals surface area contributed by atoms with Crippen LogP contribution in [0.1, 0.15) is 18.9 Å². The van der Waals surface area contributed by atoms with Gasteiger partial charge < -0.3 is 10.1 Å². The highest BCUT2D eigenvalue weighted by Gasteiger charge is 2.30. The second-order valence-corrected chi connectivity index (χ2v) is 7.55. The van der Waals surface area contributed by atoms with Crippen LogP contribution in [0.5, 0.6) is 0 Å². The van der Waals surface area contributed by atoms with Crippen molar-refractivity contribution in [1.29, 1.82) is 0 Å². The maximum Gasteiger partial charge on any atom is 0.416 e. The predicted molar refractivity (Wildman–Crippen MR) is 125 cm³/mol. The Kier molecular flexibility index (Phi) is 6.77. The summed E-state index contributed by atoms with van der Waals surface area (Å²) in [5.41, 5.74) is 1.89. The lowest BCUT2D eigenvalue weighted by Crippen LogP contribution is -2.12. The molecule has 4 aromatic rings. The summed E-state index contributed by atoms with van der Waals surface area (Å²) in [7, 11) is 0. The number of benzene rings is 3. The number of esters is 1. The molecule has 0 radical (unpaired) electrons. The standard InChI is InChI=1S/C26H22F3N3O2/c1-2-34-23(33)14-15-30-25-21-8-3-4-9-22(21)31-24(32-25)18-12-10-17(11-13-18)19-6-5-7-20(16-19)26(27,28)29/h3-13,16H,2,14-15H2,1H3,(H,30,31,32). The summed E-state index contributed by atoms with van der Waals surface area (Å²) in [4.78, 5) is 20.9. The Morgan fingerprint density at radius 3 is 2.38 bits per heavy atom. The molecule has 5 nitrogen and oxygen atoms in total. The smallest absolute Gasteiger partial charge is 0.416 e. The number of carbonyl (C=O) groups is 1. The summed E-state index contributed by atoms with van der Waals surface area (Å²) in [6.45, 7) is 2.44. The molecule has 0 spiro atoms. The van der Waals surface area contributed by atoms with Crippen molar-refractivity contribution in [3.05, 3.63) is 78.4 Å². The first kappa shape index (κ1) is 23.2. The average Bonchev–Trinajstić information content (AvgIpc) is 2.84. The lowest BCUT2D eigenvalue weighted by atomic mass is 10.0. The molecule has 0 bridgehead atoms. The number of hydrogen-bond donors (Lipinski definition) is 1. The van der Waals surface area contributed by atoms with Crippen LogP contribution in [-0.4, -0.2) is 29.1 Å². The zero-order valence-corrected chi connectivity index (χ0v) is 18.4. The Hall–Kier alpha value is -3.94. The fourth-order valence-corrected chi connectivity index (χ4v) is 3.54. The van der Waals surface area contributed by atoms with E-state index in [1.807, 2.05) is 24.3 Å². The maximum atomic E-state index is 13.1. The van der Waals surface area contributed by atoms with E-state index in [4.69, 9.17) is 4.74 Å². The topological polar surface area (TPSA) is 64.1 Å². The normalized spacial score (nSPS) is 11.4. The molecule has 3 aromatic carbocycles. The number of ether oxygens (including phenoxy) is 1. The monoisotopic (exact) mass is 465 g/mol.